The number of aromatic nitrogens is 4. The Bertz CT molecular complexity index is 1010. The van der Waals surface area contributed by atoms with Crippen molar-refractivity contribution in [2.24, 2.45) is 7.05 Å². The maximum atomic E-state index is 12.2. The third kappa shape index (κ3) is 1.93. The molecular formula is C16H17N5O2. The Morgan fingerprint density at radius 2 is 1.91 bits per heavy atom. The molecule has 0 amide bonds. The molecule has 0 fully saturated rings. The summed E-state index contributed by atoms with van der Waals surface area (Å²) < 4.78 is 3.25. The van der Waals surface area contributed by atoms with E-state index in [1.54, 1.807) is 7.05 Å². The van der Waals surface area contributed by atoms with E-state index < -0.39 is 5.69 Å². The molecule has 3 aromatic rings. The van der Waals surface area contributed by atoms with Crippen molar-refractivity contribution in [3.8, 4) is 0 Å². The normalized spacial score (nSPS) is 13.7. The third-order valence-electron chi connectivity index (χ3n) is 4.43. The standard InChI is InChI=1S/C16H17N5O2/c1-3-10-4-6-11(7-5-10)20-8-9-21-12-13(17-15(20)21)19(2)16(23)18-14(12)22/h4-7H,3,8-9H2,1-2H3,(H,18,22,23). The van der Waals surface area contributed by atoms with Gasteiger partial charge in [0, 0.05) is 25.8 Å². The minimum absolute atomic E-state index is 0.384. The Balaban J connectivity index is 1.90. The van der Waals surface area contributed by atoms with Crippen molar-refractivity contribution in [3.05, 3.63) is 50.7 Å². The minimum atomic E-state index is -0.446. The van der Waals surface area contributed by atoms with E-state index in [0.29, 0.717) is 23.7 Å². The number of aromatic amines is 1. The number of rotatable bonds is 2. The molecule has 0 saturated heterocycles. The fourth-order valence-corrected chi connectivity index (χ4v) is 3.10. The molecule has 0 spiro atoms. The minimum Gasteiger partial charge on any atom is -0.310 e. The molecule has 2 aromatic heterocycles. The zero-order valence-electron chi connectivity index (χ0n) is 13.0. The smallest absolute Gasteiger partial charge is 0.310 e. The number of imidazole rings is 1. The first-order chi connectivity index (χ1) is 11.1. The highest BCUT2D eigenvalue weighted by molar-refractivity contribution is 5.77. The van der Waals surface area contributed by atoms with Crippen LogP contribution in [0.3, 0.4) is 0 Å². The predicted octanol–water partition coefficient (Wildman–Crippen LogP) is 1.14. The molecule has 118 valence electrons. The Morgan fingerprint density at radius 3 is 2.61 bits per heavy atom. The van der Waals surface area contributed by atoms with Crippen molar-refractivity contribution in [1.82, 2.24) is 19.1 Å². The number of anilines is 2. The van der Waals surface area contributed by atoms with Crippen LogP contribution in [0, 0.1) is 0 Å². The number of nitrogens with zero attached hydrogens (tertiary/aromatic N) is 4. The molecule has 23 heavy (non-hydrogen) atoms. The van der Waals surface area contributed by atoms with Gasteiger partial charge in [-0.25, -0.2) is 4.79 Å². The van der Waals surface area contributed by atoms with Crippen molar-refractivity contribution in [2.75, 3.05) is 11.4 Å². The van der Waals surface area contributed by atoms with Crippen LogP contribution in [0.2, 0.25) is 0 Å². The molecule has 1 N–H and O–H groups in total. The molecule has 0 radical (unpaired) electrons. The number of aryl methyl sites for hydroxylation is 2. The van der Waals surface area contributed by atoms with Gasteiger partial charge in [-0.3, -0.25) is 14.3 Å². The molecule has 1 aromatic carbocycles. The van der Waals surface area contributed by atoms with E-state index in [0.717, 1.165) is 18.7 Å². The Kier molecular flexibility index (Phi) is 2.90. The van der Waals surface area contributed by atoms with Crippen molar-refractivity contribution in [3.63, 3.8) is 0 Å². The van der Waals surface area contributed by atoms with Gasteiger partial charge in [0.1, 0.15) is 0 Å². The summed E-state index contributed by atoms with van der Waals surface area (Å²) in [5.74, 6) is 0.705. The predicted molar refractivity (Wildman–Crippen MR) is 88.4 cm³/mol. The van der Waals surface area contributed by atoms with Gasteiger partial charge in [0.2, 0.25) is 5.95 Å². The average Bonchev–Trinajstić information content (AvgIpc) is 3.12. The monoisotopic (exact) mass is 311 g/mol. The second kappa shape index (κ2) is 4.84. The molecule has 0 saturated carbocycles. The second-order valence-corrected chi connectivity index (χ2v) is 5.73. The number of hydrogen-bond acceptors (Lipinski definition) is 4. The SMILES string of the molecule is CCc1ccc(N2CCn3c2nc2c3c(=O)[nH]c(=O)n2C)cc1. The first-order valence-corrected chi connectivity index (χ1v) is 7.66. The molecule has 3 heterocycles. The molecule has 0 bridgehead atoms. The van der Waals surface area contributed by atoms with E-state index in [2.05, 4.69) is 46.1 Å². The maximum absolute atomic E-state index is 12.2. The van der Waals surface area contributed by atoms with Gasteiger partial charge in [0.05, 0.1) is 0 Å². The van der Waals surface area contributed by atoms with Crippen LogP contribution in [0.5, 0.6) is 0 Å². The fourth-order valence-electron chi connectivity index (χ4n) is 3.10. The Morgan fingerprint density at radius 1 is 1.17 bits per heavy atom. The van der Waals surface area contributed by atoms with Crippen LogP contribution in [-0.2, 0) is 20.0 Å². The number of benzene rings is 1. The molecular weight excluding hydrogens is 294 g/mol. The average molecular weight is 311 g/mol. The molecule has 1 aliphatic heterocycles. The number of hydrogen-bond donors (Lipinski definition) is 1. The summed E-state index contributed by atoms with van der Waals surface area (Å²) in [5.41, 5.74) is 2.36. The lowest BCUT2D eigenvalue weighted by Gasteiger charge is -2.16. The van der Waals surface area contributed by atoms with E-state index >= 15 is 0 Å². The van der Waals surface area contributed by atoms with Crippen LogP contribution in [0.4, 0.5) is 11.6 Å². The van der Waals surface area contributed by atoms with E-state index in [4.69, 9.17) is 0 Å². The highest BCUT2D eigenvalue weighted by Crippen LogP contribution is 2.31. The molecule has 0 unspecified atom stereocenters. The van der Waals surface area contributed by atoms with E-state index in [9.17, 15) is 9.59 Å². The van der Waals surface area contributed by atoms with Crippen LogP contribution in [0.15, 0.2) is 33.9 Å². The highest BCUT2D eigenvalue weighted by atomic mass is 16.2. The first kappa shape index (κ1) is 13.8. The van der Waals surface area contributed by atoms with E-state index in [1.807, 2.05) is 4.57 Å². The lowest BCUT2D eigenvalue weighted by atomic mass is 10.1. The largest absolute Gasteiger partial charge is 0.329 e. The Labute approximate surface area is 131 Å². The van der Waals surface area contributed by atoms with Gasteiger partial charge in [-0.05, 0) is 24.1 Å². The van der Waals surface area contributed by atoms with Gasteiger partial charge in [0.25, 0.3) is 5.56 Å². The van der Waals surface area contributed by atoms with Crippen molar-refractivity contribution < 1.29 is 0 Å². The van der Waals surface area contributed by atoms with Gasteiger partial charge >= 0.3 is 5.69 Å². The summed E-state index contributed by atoms with van der Waals surface area (Å²) in [7, 11) is 1.61. The fraction of sp³-hybridized carbons (Fsp3) is 0.312. The van der Waals surface area contributed by atoms with Crippen LogP contribution in [0.1, 0.15) is 12.5 Å². The molecule has 4 rings (SSSR count). The summed E-state index contributed by atoms with van der Waals surface area (Å²) in [6.45, 7) is 3.55. The molecule has 7 heteroatoms. The highest BCUT2D eigenvalue weighted by Gasteiger charge is 2.27. The van der Waals surface area contributed by atoms with E-state index in [1.165, 1.54) is 10.1 Å². The Hall–Kier alpha value is -2.83. The summed E-state index contributed by atoms with van der Waals surface area (Å²) in [6.07, 6.45) is 0.996. The summed E-state index contributed by atoms with van der Waals surface area (Å²) in [6, 6.07) is 8.33. The van der Waals surface area contributed by atoms with Crippen LogP contribution >= 0.6 is 0 Å². The molecule has 1 aliphatic rings. The number of H-pyrrole nitrogens is 1. The van der Waals surface area contributed by atoms with Gasteiger partial charge in [-0.15, -0.1) is 0 Å². The summed E-state index contributed by atoms with van der Waals surface area (Å²) in [4.78, 5) is 32.9. The maximum Gasteiger partial charge on any atom is 0.329 e. The van der Waals surface area contributed by atoms with Crippen LogP contribution in [-0.4, -0.2) is 25.6 Å². The summed E-state index contributed by atoms with van der Waals surface area (Å²) in [5, 5.41) is 0. The van der Waals surface area contributed by atoms with Crippen molar-refractivity contribution in [1.29, 1.82) is 0 Å². The molecule has 0 aliphatic carbocycles. The van der Waals surface area contributed by atoms with Gasteiger partial charge < -0.3 is 9.47 Å². The van der Waals surface area contributed by atoms with Crippen LogP contribution in [0.25, 0.3) is 11.2 Å². The zero-order valence-corrected chi connectivity index (χ0v) is 13.0. The van der Waals surface area contributed by atoms with Gasteiger partial charge in [0.15, 0.2) is 11.2 Å². The van der Waals surface area contributed by atoms with Crippen molar-refractivity contribution in [2.45, 2.75) is 19.9 Å². The van der Waals surface area contributed by atoms with Gasteiger partial charge in [-0.2, -0.15) is 4.98 Å². The molecule has 7 nitrogen and oxygen atoms in total. The number of fused-ring (bicyclic) bond motifs is 3. The number of nitrogens with one attached hydrogen (secondary N) is 1. The zero-order chi connectivity index (χ0) is 16.1. The van der Waals surface area contributed by atoms with Gasteiger partial charge in [-0.1, -0.05) is 19.1 Å². The third-order valence-corrected chi connectivity index (χ3v) is 4.43. The first-order valence-electron chi connectivity index (χ1n) is 7.66. The van der Waals surface area contributed by atoms with Crippen LogP contribution < -0.4 is 16.1 Å². The summed E-state index contributed by atoms with van der Waals surface area (Å²) >= 11 is 0. The van der Waals surface area contributed by atoms with E-state index in [-0.39, 0.29) is 5.56 Å². The van der Waals surface area contributed by atoms with Crippen molar-refractivity contribution >= 4 is 22.8 Å². The topological polar surface area (TPSA) is 75.9 Å². The lowest BCUT2D eigenvalue weighted by Crippen LogP contribution is -2.29. The second-order valence-electron chi connectivity index (χ2n) is 5.73. The lowest BCUT2D eigenvalue weighted by molar-refractivity contribution is 0.797. The molecule has 0 atom stereocenters. The quantitative estimate of drug-likeness (QED) is 0.770.